The highest BCUT2D eigenvalue weighted by Crippen LogP contribution is 2.30. The Bertz CT molecular complexity index is 930. The number of amides is 1. The van der Waals surface area contributed by atoms with Crippen LogP contribution in [0, 0.1) is 0 Å². The number of carbonyl (C=O) groups is 1. The lowest BCUT2D eigenvalue weighted by Gasteiger charge is -2.15. The zero-order chi connectivity index (χ0) is 18.7. The Morgan fingerprint density at radius 1 is 1.27 bits per heavy atom. The van der Waals surface area contributed by atoms with E-state index in [1.165, 1.54) is 0 Å². The van der Waals surface area contributed by atoms with Crippen LogP contribution in [0.4, 0.5) is 5.69 Å². The lowest BCUT2D eigenvalue weighted by atomic mass is 9.99. The number of aliphatic hydroxyl groups is 1. The van der Waals surface area contributed by atoms with Gasteiger partial charge in [0.15, 0.2) is 0 Å². The highest BCUT2D eigenvalue weighted by molar-refractivity contribution is 6.00. The Morgan fingerprint density at radius 2 is 2.04 bits per heavy atom. The number of anilines is 1. The first-order valence-corrected chi connectivity index (χ1v) is 8.67. The normalized spacial score (nSPS) is 12.2. The van der Waals surface area contributed by atoms with Crippen LogP contribution in [0.5, 0.6) is 5.75 Å². The SMILES string of the molecule is COc1cc(CCO)ccc1NC(=O)C(C)c1cn(C)c2ccccc12. The summed E-state index contributed by atoms with van der Waals surface area (Å²) in [5.41, 5.74) is 3.69. The van der Waals surface area contributed by atoms with Crippen LogP contribution in [-0.4, -0.2) is 29.3 Å². The molecule has 0 fully saturated rings. The molecule has 0 aliphatic carbocycles. The highest BCUT2D eigenvalue weighted by Gasteiger charge is 2.21. The summed E-state index contributed by atoms with van der Waals surface area (Å²) < 4.78 is 7.43. The fourth-order valence-electron chi connectivity index (χ4n) is 3.22. The van der Waals surface area contributed by atoms with Crippen molar-refractivity contribution in [2.24, 2.45) is 7.05 Å². The lowest BCUT2D eigenvalue weighted by molar-refractivity contribution is -0.117. The Balaban J connectivity index is 1.85. The van der Waals surface area contributed by atoms with Gasteiger partial charge in [0.2, 0.25) is 5.91 Å². The van der Waals surface area contributed by atoms with Gasteiger partial charge in [-0.05, 0) is 42.7 Å². The molecule has 136 valence electrons. The van der Waals surface area contributed by atoms with Crippen molar-refractivity contribution in [2.75, 3.05) is 19.0 Å². The first-order chi connectivity index (χ1) is 12.5. The van der Waals surface area contributed by atoms with Crippen molar-refractivity contribution in [3.05, 3.63) is 59.8 Å². The number of nitrogens with one attached hydrogen (secondary N) is 1. The largest absolute Gasteiger partial charge is 0.495 e. The molecule has 0 saturated heterocycles. The molecular formula is C21H24N2O3. The number of benzene rings is 2. The topological polar surface area (TPSA) is 63.5 Å². The summed E-state index contributed by atoms with van der Waals surface area (Å²) in [6, 6.07) is 13.6. The number of para-hydroxylation sites is 1. The Morgan fingerprint density at radius 3 is 2.77 bits per heavy atom. The molecule has 0 bridgehead atoms. The second-order valence-electron chi connectivity index (χ2n) is 6.43. The van der Waals surface area contributed by atoms with Crippen LogP contribution < -0.4 is 10.1 Å². The molecule has 2 N–H and O–H groups in total. The summed E-state index contributed by atoms with van der Waals surface area (Å²) in [6.07, 6.45) is 2.56. The molecule has 1 unspecified atom stereocenters. The van der Waals surface area contributed by atoms with Gasteiger partial charge in [0.25, 0.3) is 0 Å². The maximum absolute atomic E-state index is 12.8. The molecule has 26 heavy (non-hydrogen) atoms. The number of fused-ring (bicyclic) bond motifs is 1. The van der Waals surface area contributed by atoms with E-state index >= 15 is 0 Å². The van der Waals surface area contributed by atoms with E-state index in [4.69, 9.17) is 9.84 Å². The molecule has 5 heteroatoms. The third-order valence-electron chi connectivity index (χ3n) is 4.71. The molecule has 1 heterocycles. The molecule has 2 aromatic carbocycles. The van der Waals surface area contributed by atoms with E-state index in [1.807, 2.05) is 67.2 Å². The van der Waals surface area contributed by atoms with Crippen molar-refractivity contribution in [3.8, 4) is 5.75 Å². The molecule has 0 saturated carbocycles. The van der Waals surface area contributed by atoms with E-state index in [0.717, 1.165) is 22.0 Å². The number of nitrogens with zero attached hydrogens (tertiary/aromatic N) is 1. The van der Waals surface area contributed by atoms with E-state index in [1.54, 1.807) is 7.11 Å². The van der Waals surface area contributed by atoms with E-state index < -0.39 is 0 Å². The number of aliphatic hydroxyl groups excluding tert-OH is 1. The van der Waals surface area contributed by atoms with Gasteiger partial charge in [-0.2, -0.15) is 0 Å². The summed E-state index contributed by atoms with van der Waals surface area (Å²) in [4.78, 5) is 12.8. The number of rotatable bonds is 6. The average molecular weight is 352 g/mol. The highest BCUT2D eigenvalue weighted by atomic mass is 16.5. The minimum absolute atomic E-state index is 0.0764. The summed E-state index contributed by atoms with van der Waals surface area (Å²) in [5, 5.41) is 13.1. The maximum Gasteiger partial charge on any atom is 0.231 e. The molecule has 0 aliphatic rings. The molecule has 3 aromatic rings. The van der Waals surface area contributed by atoms with Crippen LogP contribution >= 0.6 is 0 Å². The zero-order valence-electron chi connectivity index (χ0n) is 15.3. The molecule has 0 spiro atoms. The summed E-state index contributed by atoms with van der Waals surface area (Å²) >= 11 is 0. The third-order valence-corrected chi connectivity index (χ3v) is 4.71. The van der Waals surface area contributed by atoms with Crippen LogP contribution in [-0.2, 0) is 18.3 Å². The van der Waals surface area contributed by atoms with Crippen LogP contribution in [0.1, 0.15) is 24.0 Å². The number of hydrogen-bond donors (Lipinski definition) is 2. The number of aromatic nitrogens is 1. The van der Waals surface area contributed by atoms with Gasteiger partial charge in [-0.15, -0.1) is 0 Å². The molecule has 0 aliphatic heterocycles. The number of ether oxygens (including phenoxy) is 1. The van der Waals surface area contributed by atoms with Crippen molar-refractivity contribution in [2.45, 2.75) is 19.3 Å². The quantitative estimate of drug-likeness (QED) is 0.714. The first-order valence-electron chi connectivity index (χ1n) is 8.67. The third kappa shape index (κ3) is 3.44. The van der Waals surface area contributed by atoms with Gasteiger partial charge >= 0.3 is 0 Å². The monoisotopic (exact) mass is 352 g/mol. The lowest BCUT2D eigenvalue weighted by Crippen LogP contribution is -2.19. The average Bonchev–Trinajstić information content (AvgIpc) is 2.99. The second kappa shape index (κ2) is 7.62. The Kier molecular flexibility index (Phi) is 5.28. The summed E-state index contributed by atoms with van der Waals surface area (Å²) in [6.45, 7) is 1.98. The van der Waals surface area contributed by atoms with E-state index in [-0.39, 0.29) is 18.4 Å². The Labute approximate surface area is 153 Å². The molecule has 0 radical (unpaired) electrons. The number of methoxy groups -OCH3 is 1. The van der Waals surface area contributed by atoms with Crippen molar-refractivity contribution >= 4 is 22.5 Å². The van der Waals surface area contributed by atoms with E-state index in [9.17, 15) is 4.79 Å². The van der Waals surface area contributed by atoms with Crippen LogP contribution in [0.25, 0.3) is 10.9 Å². The molecule has 1 aromatic heterocycles. The standard InChI is InChI=1S/C21H24N2O3/c1-14(17-13-23(2)19-7-5-4-6-16(17)19)21(25)22-18-9-8-15(10-11-24)12-20(18)26-3/h4-9,12-14,24H,10-11H2,1-3H3,(H,22,25). The molecular weight excluding hydrogens is 328 g/mol. The van der Waals surface area contributed by atoms with Crippen molar-refractivity contribution in [1.29, 1.82) is 0 Å². The summed E-state index contributed by atoms with van der Waals surface area (Å²) in [5.74, 6) is 0.201. The van der Waals surface area contributed by atoms with Crippen LogP contribution in [0.15, 0.2) is 48.7 Å². The number of carbonyl (C=O) groups excluding carboxylic acids is 1. The van der Waals surface area contributed by atoms with Gasteiger partial charge in [-0.3, -0.25) is 4.79 Å². The van der Waals surface area contributed by atoms with Gasteiger partial charge in [-0.25, -0.2) is 0 Å². The minimum Gasteiger partial charge on any atom is -0.495 e. The number of aryl methyl sites for hydroxylation is 1. The zero-order valence-corrected chi connectivity index (χ0v) is 15.3. The molecule has 1 atom stereocenters. The number of hydrogen-bond acceptors (Lipinski definition) is 3. The maximum atomic E-state index is 12.8. The van der Waals surface area contributed by atoms with Crippen molar-refractivity contribution in [1.82, 2.24) is 4.57 Å². The predicted molar refractivity (Wildman–Crippen MR) is 104 cm³/mol. The van der Waals surface area contributed by atoms with E-state index in [0.29, 0.717) is 17.9 Å². The first kappa shape index (κ1) is 18.0. The van der Waals surface area contributed by atoms with Crippen LogP contribution in [0.2, 0.25) is 0 Å². The van der Waals surface area contributed by atoms with Crippen molar-refractivity contribution in [3.63, 3.8) is 0 Å². The second-order valence-corrected chi connectivity index (χ2v) is 6.43. The molecule has 1 amide bonds. The smallest absolute Gasteiger partial charge is 0.231 e. The Hall–Kier alpha value is -2.79. The minimum atomic E-state index is -0.303. The predicted octanol–water partition coefficient (Wildman–Crippen LogP) is 3.46. The molecule has 3 rings (SSSR count). The molecule has 5 nitrogen and oxygen atoms in total. The van der Waals surface area contributed by atoms with Gasteiger partial charge in [0, 0.05) is 30.8 Å². The van der Waals surface area contributed by atoms with E-state index in [2.05, 4.69) is 5.32 Å². The van der Waals surface area contributed by atoms with Gasteiger partial charge in [0.1, 0.15) is 5.75 Å². The van der Waals surface area contributed by atoms with Gasteiger partial charge in [-0.1, -0.05) is 24.3 Å². The van der Waals surface area contributed by atoms with Crippen LogP contribution in [0.3, 0.4) is 0 Å². The summed E-state index contributed by atoms with van der Waals surface area (Å²) in [7, 11) is 3.56. The van der Waals surface area contributed by atoms with Gasteiger partial charge in [0.05, 0.1) is 18.7 Å². The van der Waals surface area contributed by atoms with Crippen molar-refractivity contribution < 1.29 is 14.6 Å². The fourth-order valence-corrected chi connectivity index (χ4v) is 3.22. The fraction of sp³-hybridized carbons (Fsp3) is 0.286. The van der Waals surface area contributed by atoms with Gasteiger partial charge < -0.3 is 19.7 Å².